The van der Waals surface area contributed by atoms with Crippen LogP contribution in [0.15, 0.2) is 65.8 Å². The fourth-order valence-corrected chi connectivity index (χ4v) is 2.30. The zero-order valence-corrected chi connectivity index (χ0v) is 12.1. The predicted molar refractivity (Wildman–Crippen MR) is 88.8 cm³/mol. The first kappa shape index (κ1) is 14.6. The molecule has 0 saturated carbocycles. The zero-order valence-electron chi connectivity index (χ0n) is 12.1. The highest BCUT2D eigenvalue weighted by Gasteiger charge is 2.10. The maximum Gasteiger partial charge on any atom is 0.275 e. The van der Waals surface area contributed by atoms with Crippen LogP contribution in [0.3, 0.4) is 0 Å². The van der Waals surface area contributed by atoms with Crippen molar-refractivity contribution in [1.82, 2.24) is 5.43 Å². The number of carbonyl (C=O) groups is 1. The molecule has 0 aliphatic carbocycles. The van der Waals surface area contributed by atoms with Crippen LogP contribution < -0.4 is 5.43 Å². The smallest absolute Gasteiger partial charge is 0.275 e. The number of hydrogen-bond donors (Lipinski definition) is 3. The molecule has 23 heavy (non-hydrogen) atoms. The van der Waals surface area contributed by atoms with Gasteiger partial charge in [-0.1, -0.05) is 42.5 Å². The molecule has 3 aromatic rings. The standard InChI is InChI=1S/C18H14N2O3/c21-14-8-9-16(17(22)10-14)18(23)20-19-11-13-6-3-5-12-4-1-2-7-15(12)13/h1-11,21-22H,(H,20,23). The van der Waals surface area contributed by atoms with E-state index in [9.17, 15) is 15.0 Å². The number of amides is 1. The van der Waals surface area contributed by atoms with Crippen LogP contribution in [0, 0.1) is 0 Å². The van der Waals surface area contributed by atoms with E-state index in [1.165, 1.54) is 12.1 Å². The fourth-order valence-electron chi connectivity index (χ4n) is 2.30. The Morgan fingerprint density at radius 1 is 1.00 bits per heavy atom. The number of phenolic OH excluding ortho intramolecular Hbond substituents is 2. The topological polar surface area (TPSA) is 81.9 Å². The number of aromatic hydroxyl groups is 2. The summed E-state index contributed by atoms with van der Waals surface area (Å²) in [7, 11) is 0. The van der Waals surface area contributed by atoms with Crippen LogP contribution in [0.5, 0.6) is 11.5 Å². The number of nitrogens with zero attached hydrogens (tertiary/aromatic N) is 1. The highest BCUT2D eigenvalue weighted by atomic mass is 16.3. The minimum absolute atomic E-state index is 0.0397. The van der Waals surface area contributed by atoms with Gasteiger partial charge in [-0.05, 0) is 22.9 Å². The molecule has 3 rings (SSSR count). The molecule has 0 atom stereocenters. The van der Waals surface area contributed by atoms with Gasteiger partial charge in [0.1, 0.15) is 11.5 Å². The summed E-state index contributed by atoms with van der Waals surface area (Å²) in [6.07, 6.45) is 1.55. The minimum atomic E-state index is -0.556. The number of benzene rings is 3. The van der Waals surface area contributed by atoms with Crippen LogP contribution in [-0.2, 0) is 0 Å². The summed E-state index contributed by atoms with van der Waals surface area (Å²) in [5.41, 5.74) is 3.27. The zero-order chi connectivity index (χ0) is 16.2. The van der Waals surface area contributed by atoms with Crippen LogP contribution in [0.4, 0.5) is 0 Å². The molecule has 5 heteroatoms. The van der Waals surface area contributed by atoms with E-state index in [-0.39, 0.29) is 17.1 Å². The molecule has 5 nitrogen and oxygen atoms in total. The molecule has 0 bridgehead atoms. The van der Waals surface area contributed by atoms with Crippen molar-refractivity contribution < 1.29 is 15.0 Å². The van der Waals surface area contributed by atoms with Crippen molar-refractivity contribution in [3.8, 4) is 11.5 Å². The summed E-state index contributed by atoms with van der Waals surface area (Å²) in [6, 6.07) is 17.4. The average Bonchev–Trinajstić information content (AvgIpc) is 2.55. The van der Waals surface area contributed by atoms with Gasteiger partial charge in [0, 0.05) is 11.6 Å². The lowest BCUT2D eigenvalue weighted by molar-refractivity contribution is 0.0952. The van der Waals surface area contributed by atoms with E-state index in [2.05, 4.69) is 10.5 Å². The molecule has 0 saturated heterocycles. The van der Waals surface area contributed by atoms with Crippen molar-refractivity contribution in [2.24, 2.45) is 5.10 Å². The summed E-state index contributed by atoms with van der Waals surface area (Å²) in [4.78, 5) is 12.0. The van der Waals surface area contributed by atoms with Gasteiger partial charge in [0.2, 0.25) is 0 Å². The molecule has 0 spiro atoms. The molecule has 3 aromatic carbocycles. The van der Waals surface area contributed by atoms with Crippen molar-refractivity contribution in [1.29, 1.82) is 0 Å². The Hall–Kier alpha value is -3.34. The monoisotopic (exact) mass is 306 g/mol. The van der Waals surface area contributed by atoms with Crippen molar-refractivity contribution in [3.63, 3.8) is 0 Å². The molecule has 0 fully saturated rings. The quantitative estimate of drug-likeness (QED) is 0.514. The second-order valence-corrected chi connectivity index (χ2v) is 4.97. The number of nitrogens with one attached hydrogen (secondary N) is 1. The summed E-state index contributed by atoms with van der Waals surface area (Å²) < 4.78 is 0. The van der Waals surface area contributed by atoms with E-state index >= 15 is 0 Å². The normalized spacial score (nSPS) is 11.0. The summed E-state index contributed by atoms with van der Waals surface area (Å²) in [5.74, 6) is -0.972. The minimum Gasteiger partial charge on any atom is -0.508 e. The van der Waals surface area contributed by atoms with Crippen LogP contribution >= 0.6 is 0 Å². The van der Waals surface area contributed by atoms with Crippen LogP contribution in [0.2, 0.25) is 0 Å². The van der Waals surface area contributed by atoms with E-state index < -0.39 is 5.91 Å². The molecule has 3 N–H and O–H groups in total. The molecule has 0 heterocycles. The number of carbonyl (C=O) groups excluding carboxylic acids is 1. The van der Waals surface area contributed by atoms with Crippen molar-refractivity contribution in [2.45, 2.75) is 0 Å². The van der Waals surface area contributed by atoms with Gasteiger partial charge in [-0.15, -0.1) is 0 Å². The van der Waals surface area contributed by atoms with Gasteiger partial charge in [0.25, 0.3) is 5.91 Å². The Kier molecular flexibility index (Phi) is 3.93. The Labute approximate surface area is 132 Å². The third kappa shape index (κ3) is 3.13. The maximum atomic E-state index is 12.0. The van der Waals surface area contributed by atoms with Crippen LogP contribution in [0.1, 0.15) is 15.9 Å². The highest BCUT2D eigenvalue weighted by Crippen LogP contribution is 2.22. The van der Waals surface area contributed by atoms with Gasteiger partial charge in [0.05, 0.1) is 11.8 Å². The van der Waals surface area contributed by atoms with Crippen LogP contribution in [0.25, 0.3) is 10.8 Å². The Balaban J connectivity index is 1.79. The summed E-state index contributed by atoms with van der Waals surface area (Å²) >= 11 is 0. The van der Waals surface area contributed by atoms with Crippen LogP contribution in [-0.4, -0.2) is 22.3 Å². The lowest BCUT2D eigenvalue weighted by Gasteiger charge is -2.04. The molecule has 1 amide bonds. The summed E-state index contributed by atoms with van der Waals surface area (Å²) in [5, 5.41) is 24.9. The molecule has 0 aliphatic heterocycles. The van der Waals surface area contributed by atoms with E-state index in [4.69, 9.17) is 0 Å². The van der Waals surface area contributed by atoms with Gasteiger partial charge in [-0.2, -0.15) is 5.10 Å². The van der Waals surface area contributed by atoms with Gasteiger partial charge in [0.15, 0.2) is 0 Å². The second-order valence-electron chi connectivity index (χ2n) is 4.97. The number of phenols is 2. The third-order valence-electron chi connectivity index (χ3n) is 3.42. The van der Waals surface area contributed by atoms with E-state index in [1.54, 1.807) is 6.21 Å². The lowest BCUT2D eigenvalue weighted by atomic mass is 10.1. The molecular formula is C18H14N2O3. The largest absolute Gasteiger partial charge is 0.508 e. The van der Waals surface area contributed by atoms with E-state index in [0.717, 1.165) is 22.4 Å². The van der Waals surface area contributed by atoms with Gasteiger partial charge >= 0.3 is 0 Å². The fraction of sp³-hybridized carbons (Fsp3) is 0. The van der Waals surface area contributed by atoms with Gasteiger partial charge in [-0.3, -0.25) is 4.79 Å². The lowest BCUT2D eigenvalue weighted by Crippen LogP contribution is -2.17. The molecule has 0 unspecified atom stereocenters. The molecule has 0 aliphatic rings. The average molecular weight is 306 g/mol. The summed E-state index contributed by atoms with van der Waals surface area (Å²) in [6.45, 7) is 0. The molecular weight excluding hydrogens is 292 g/mol. The van der Waals surface area contributed by atoms with E-state index in [1.807, 2.05) is 42.5 Å². The number of hydrogen-bond acceptors (Lipinski definition) is 4. The predicted octanol–water partition coefficient (Wildman–Crippen LogP) is 3.01. The highest BCUT2D eigenvalue weighted by molar-refractivity contribution is 6.01. The number of rotatable bonds is 3. The van der Waals surface area contributed by atoms with Gasteiger partial charge in [-0.25, -0.2) is 5.43 Å². The van der Waals surface area contributed by atoms with Crippen molar-refractivity contribution in [2.75, 3.05) is 0 Å². The third-order valence-corrected chi connectivity index (χ3v) is 3.42. The maximum absolute atomic E-state index is 12.0. The van der Waals surface area contributed by atoms with Gasteiger partial charge < -0.3 is 10.2 Å². The first-order valence-electron chi connectivity index (χ1n) is 6.98. The second kappa shape index (κ2) is 6.19. The molecule has 114 valence electrons. The number of hydrazone groups is 1. The Morgan fingerprint density at radius 2 is 1.78 bits per heavy atom. The first-order chi connectivity index (χ1) is 11.1. The van der Waals surface area contributed by atoms with E-state index in [0.29, 0.717) is 0 Å². The first-order valence-corrected chi connectivity index (χ1v) is 6.98. The Bertz CT molecular complexity index is 898. The van der Waals surface area contributed by atoms with Crippen molar-refractivity contribution >= 4 is 22.9 Å². The molecule has 0 radical (unpaired) electrons. The van der Waals surface area contributed by atoms with Crippen molar-refractivity contribution in [3.05, 3.63) is 71.8 Å². The Morgan fingerprint density at radius 3 is 2.61 bits per heavy atom. The SMILES string of the molecule is O=C(NN=Cc1cccc2ccccc12)c1ccc(O)cc1O. The molecule has 0 aromatic heterocycles. The number of fused-ring (bicyclic) bond motifs is 1.